The summed E-state index contributed by atoms with van der Waals surface area (Å²) in [7, 11) is 0. The minimum absolute atomic E-state index is 0.120. The highest BCUT2D eigenvalue weighted by Gasteiger charge is 2.32. The average Bonchev–Trinajstić information content (AvgIpc) is 2.27. The van der Waals surface area contributed by atoms with Gasteiger partial charge >= 0.3 is 6.18 Å². The van der Waals surface area contributed by atoms with Gasteiger partial charge in [0.15, 0.2) is 0 Å². The minimum Gasteiger partial charge on any atom is -0.368 e. The first-order chi connectivity index (χ1) is 8.79. The van der Waals surface area contributed by atoms with Gasteiger partial charge in [0.2, 0.25) is 0 Å². The maximum atomic E-state index is 12.5. The standard InChI is InChI=1S/C14H21F3N2/c1-10(2)6-4-7-11(3)18-13-9-5-8-12(19-13)14(15,16)17/h5,8-11H,4,6-7H2,1-3H3,(H,18,19). The second kappa shape index (κ2) is 6.78. The van der Waals surface area contributed by atoms with Crippen LogP contribution < -0.4 is 5.32 Å². The van der Waals surface area contributed by atoms with Gasteiger partial charge < -0.3 is 5.32 Å². The molecule has 1 aromatic rings. The number of rotatable bonds is 6. The lowest BCUT2D eigenvalue weighted by molar-refractivity contribution is -0.141. The van der Waals surface area contributed by atoms with Crippen LogP contribution in [0.15, 0.2) is 18.2 Å². The van der Waals surface area contributed by atoms with Gasteiger partial charge in [-0.25, -0.2) is 4.98 Å². The lowest BCUT2D eigenvalue weighted by Crippen LogP contribution is -2.17. The van der Waals surface area contributed by atoms with Gasteiger partial charge in [-0.15, -0.1) is 0 Å². The summed E-state index contributed by atoms with van der Waals surface area (Å²) in [5.74, 6) is 0.936. The Morgan fingerprint density at radius 1 is 1.16 bits per heavy atom. The number of alkyl halides is 3. The lowest BCUT2D eigenvalue weighted by atomic mass is 10.0. The van der Waals surface area contributed by atoms with Crippen molar-refractivity contribution >= 4 is 5.82 Å². The van der Waals surface area contributed by atoms with E-state index in [9.17, 15) is 13.2 Å². The number of pyridine rings is 1. The van der Waals surface area contributed by atoms with E-state index in [1.807, 2.05) is 6.92 Å². The molecule has 1 heterocycles. The van der Waals surface area contributed by atoms with Crippen LogP contribution in [0.5, 0.6) is 0 Å². The van der Waals surface area contributed by atoms with Gasteiger partial charge in [-0.1, -0.05) is 32.8 Å². The van der Waals surface area contributed by atoms with Crippen molar-refractivity contribution in [2.45, 2.75) is 52.3 Å². The molecule has 5 heteroatoms. The van der Waals surface area contributed by atoms with E-state index in [1.165, 1.54) is 6.07 Å². The molecule has 2 nitrogen and oxygen atoms in total. The molecule has 108 valence electrons. The van der Waals surface area contributed by atoms with Crippen LogP contribution in [0.4, 0.5) is 19.0 Å². The van der Waals surface area contributed by atoms with Gasteiger partial charge in [-0.3, -0.25) is 0 Å². The van der Waals surface area contributed by atoms with Crippen molar-refractivity contribution in [3.05, 3.63) is 23.9 Å². The molecule has 1 unspecified atom stereocenters. The number of hydrogen-bond acceptors (Lipinski definition) is 2. The summed E-state index contributed by atoms with van der Waals surface area (Å²) in [4.78, 5) is 3.59. The third-order valence-electron chi connectivity index (χ3n) is 2.85. The normalized spacial score (nSPS) is 13.6. The van der Waals surface area contributed by atoms with Crippen molar-refractivity contribution < 1.29 is 13.2 Å². The first-order valence-corrected chi connectivity index (χ1v) is 6.60. The zero-order chi connectivity index (χ0) is 14.5. The van der Waals surface area contributed by atoms with E-state index >= 15 is 0 Å². The number of halogens is 3. The van der Waals surface area contributed by atoms with Crippen LogP contribution in [0.3, 0.4) is 0 Å². The van der Waals surface area contributed by atoms with Crippen molar-refractivity contribution in [2.24, 2.45) is 5.92 Å². The molecule has 0 saturated heterocycles. The number of nitrogens with zero attached hydrogens (tertiary/aromatic N) is 1. The van der Waals surface area contributed by atoms with E-state index in [0.717, 1.165) is 25.3 Å². The second-order valence-electron chi connectivity index (χ2n) is 5.28. The Kier molecular flexibility index (Phi) is 5.63. The Morgan fingerprint density at radius 3 is 2.42 bits per heavy atom. The predicted molar refractivity (Wildman–Crippen MR) is 71.0 cm³/mol. The monoisotopic (exact) mass is 274 g/mol. The molecule has 0 fully saturated rings. The number of nitrogens with one attached hydrogen (secondary N) is 1. The van der Waals surface area contributed by atoms with Gasteiger partial charge in [0.05, 0.1) is 0 Å². The molecule has 0 saturated carbocycles. The largest absolute Gasteiger partial charge is 0.433 e. The lowest BCUT2D eigenvalue weighted by Gasteiger charge is -2.16. The minimum atomic E-state index is -4.39. The van der Waals surface area contributed by atoms with E-state index in [2.05, 4.69) is 24.1 Å². The summed E-state index contributed by atoms with van der Waals surface area (Å²) >= 11 is 0. The Labute approximate surface area is 112 Å². The van der Waals surface area contributed by atoms with Crippen LogP contribution in [0.2, 0.25) is 0 Å². The molecule has 0 radical (unpaired) electrons. The smallest absolute Gasteiger partial charge is 0.368 e. The van der Waals surface area contributed by atoms with E-state index in [0.29, 0.717) is 5.92 Å². The Bertz CT molecular complexity index is 389. The third kappa shape index (κ3) is 5.94. The van der Waals surface area contributed by atoms with Crippen molar-refractivity contribution in [2.75, 3.05) is 5.32 Å². The summed E-state index contributed by atoms with van der Waals surface area (Å²) in [5.41, 5.74) is -0.855. The van der Waals surface area contributed by atoms with E-state index in [4.69, 9.17) is 0 Å². The molecule has 0 amide bonds. The molecule has 1 rings (SSSR count). The van der Waals surface area contributed by atoms with Crippen LogP contribution >= 0.6 is 0 Å². The van der Waals surface area contributed by atoms with Crippen molar-refractivity contribution in [3.8, 4) is 0 Å². The number of anilines is 1. The van der Waals surface area contributed by atoms with Gasteiger partial charge in [-0.05, 0) is 31.4 Å². The molecular weight excluding hydrogens is 253 g/mol. The van der Waals surface area contributed by atoms with Crippen LogP contribution in [0.25, 0.3) is 0 Å². The summed E-state index contributed by atoms with van der Waals surface area (Å²) in [6.07, 6.45) is -1.28. The maximum absolute atomic E-state index is 12.5. The second-order valence-corrected chi connectivity index (χ2v) is 5.28. The molecule has 0 spiro atoms. The van der Waals surface area contributed by atoms with E-state index in [-0.39, 0.29) is 11.9 Å². The highest BCUT2D eigenvalue weighted by atomic mass is 19.4. The zero-order valence-electron chi connectivity index (χ0n) is 11.6. The van der Waals surface area contributed by atoms with Crippen molar-refractivity contribution in [1.82, 2.24) is 4.98 Å². The van der Waals surface area contributed by atoms with Crippen molar-refractivity contribution in [3.63, 3.8) is 0 Å². The third-order valence-corrected chi connectivity index (χ3v) is 2.85. The molecule has 0 aliphatic rings. The first kappa shape index (κ1) is 15.8. The average molecular weight is 274 g/mol. The van der Waals surface area contributed by atoms with Crippen LogP contribution in [-0.2, 0) is 6.18 Å². The van der Waals surface area contributed by atoms with Crippen LogP contribution in [-0.4, -0.2) is 11.0 Å². The summed E-state index contributed by atoms with van der Waals surface area (Å²) in [5, 5.41) is 3.02. The SMILES string of the molecule is CC(C)CCCC(C)Nc1cccc(C(F)(F)F)n1. The van der Waals surface area contributed by atoms with E-state index in [1.54, 1.807) is 6.07 Å². The first-order valence-electron chi connectivity index (χ1n) is 6.60. The fraction of sp³-hybridized carbons (Fsp3) is 0.643. The molecule has 1 atom stereocenters. The summed E-state index contributed by atoms with van der Waals surface area (Å²) in [6.45, 7) is 6.28. The molecule has 19 heavy (non-hydrogen) atoms. The molecule has 1 aromatic heterocycles. The number of aromatic nitrogens is 1. The molecule has 0 aliphatic carbocycles. The molecular formula is C14H21F3N2. The van der Waals surface area contributed by atoms with Crippen molar-refractivity contribution in [1.29, 1.82) is 0 Å². The van der Waals surface area contributed by atoms with E-state index < -0.39 is 11.9 Å². The molecule has 0 aromatic carbocycles. The topological polar surface area (TPSA) is 24.9 Å². The zero-order valence-corrected chi connectivity index (χ0v) is 11.6. The Balaban J connectivity index is 2.52. The highest BCUT2D eigenvalue weighted by Crippen LogP contribution is 2.28. The molecule has 0 bridgehead atoms. The van der Waals surface area contributed by atoms with Crippen LogP contribution in [0.1, 0.15) is 45.7 Å². The number of hydrogen-bond donors (Lipinski definition) is 1. The maximum Gasteiger partial charge on any atom is 0.433 e. The predicted octanol–water partition coefficient (Wildman–Crippen LogP) is 4.73. The Hall–Kier alpha value is -1.26. The van der Waals surface area contributed by atoms with Gasteiger partial charge in [0, 0.05) is 6.04 Å². The molecule has 1 N–H and O–H groups in total. The summed E-state index contributed by atoms with van der Waals surface area (Å²) in [6, 6.07) is 4.04. The highest BCUT2D eigenvalue weighted by molar-refractivity contribution is 5.36. The van der Waals surface area contributed by atoms with Gasteiger partial charge in [0.1, 0.15) is 11.5 Å². The summed E-state index contributed by atoms with van der Waals surface area (Å²) < 4.78 is 37.5. The fourth-order valence-electron chi connectivity index (χ4n) is 1.83. The Morgan fingerprint density at radius 2 is 1.84 bits per heavy atom. The van der Waals surface area contributed by atoms with Crippen LogP contribution in [0, 0.1) is 5.92 Å². The van der Waals surface area contributed by atoms with Gasteiger partial charge in [-0.2, -0.15) is 13.2 Å². The molecule has 0 aliphatic heterocycles. The fourth-order valence-corrected chi connectivity index (χ4v) is 1.83. The quantitative estimate of drug-likeness (QED) is 0.811. The van der Waals surface area contributed by atoms with Gasteiger partial charge in [0.25, 0.3) is 0 Å².